The molecule has 1 aromatic carbocycles. The molecule has 8 heteroatoms. The average Bonchev–Trinajstić information content (AvgIpc) is 2.93. The first-order valence-electron chi connectivity index (χ1n) is 5.42. The van der Waals surface area contributed by atoms with E-state index >= 15 is 0 Å². The molecule has 0 fully saturated rings. The summed E-state index contributed by atoms with van der Waals surface area (Å²) in [7, 11) is 0. The number of fused-ring (bicyclic) bond motifs is 1. The van der Waals surface area contributed by atoms with Gasteiger partial charge < -0.3 is 5.32 Å². The van der Waals surface area contributed by atoms with Gasteiger partial charge in [0.1, 0.15) is 16.9 Å². The number of nitrogens with zero attached hydrogens (tertiary/aromatic N) is 4. The predicted octanol–water partition coefficient (Wildman–Crippen LogP) is 4.01. The minimum Gasteiger partial charge on any atom is -0.337 e. The molecule has 0 amide bonds. The van der Waals surface area contributed by atoms with E-state index in [1.54, 1.807) is 24.4 Å². The van der Waals surface area contributed by atoms with Crippen LogP contribution in [-0.2, 0) is 0 Å². The lowest BCUT2D eigenvalue weighted by Crippen LogP contribution is -1.96. The smallest absolute Gasteiger partial charge is 0.131 e. The highest BCUT2D eigenvalue weighted by molar-refractivity contribution is 7.00. The number of halogens is 2. The van der Waals surface area contributed by atoms with Crippen molar-refractivity contribution in [1.29, 1.82) is 5.26 Å². The Labute approximate surface area is 128 Å². The molecule has 0 bridgehead atoms. The fourth-order valence-electron chi connectivity index (χ4n) is 1.69. The number of rotatable bonds is 2. The van der Waals surface area contributed by atoms with Crippen LogP contribution < -0.4 is 5.32 Å². The quantitative estimate of drug-likeness (QED) is 0.771. The molecule has 1 N–H and O–H groups in total. The molecule has 0 radical (unpaired) electrons. The molecule has 0 atom stereocenters. The van der Waals surface area contributed by atoms with Crippen LogP contribution in [0.1, 0.15) is 5.56 Å². The van der Waals surface area contributed by atoms with E-state index in [0.29, 0.717) is 38.1 Å². The lowest BCUT2D eigenvalue weighted by atomic mass is 10.2. The maximum absolute atomic E-state index is 8.89. The highest BCUT2D eigenvalue weighted by Crippen LogP contribution is 2.36. The van der Waals surface area contributed by atoms with Gasteiger partial charge in [0, 0.05) is 6.20 Å². The van der Waals surface area contributed by atoms with Crippen LogP contribution in [0.3, 0.4) is 0 Å². The standard InChI is InChI=1S/C12H5Cl2N5S/c13-7-4-8(14)11-12(19-20-18-11)10(7)17-9-3-6(5-15)1-2-16-9/h1-4H,(H,16,17). The van der Waals surface area contributed by atoms with Crippen molar-refractivity contribution in [1.82, 2.24) is 13.7 Å². The topological polar surface area (TPSA) is 74.5 Å². The molecular formula is C12H5Cl2N5S. The first kappa shape index (κ1) is 13.1. The Morgan fingerprint density at radius 1 is 1.15 bits per heavy atom. The Bertz CT molecular complexity index is 839. The largest absolute Gasteiger partial charge is 0.337 e. The molecule has 98 valence electrons. The van der Waals surface area contributed by atoms with Crippen LogP contribution in [0, 0.1) is 11.3 Å². The predicted molar refractivity (Wildman–Crippen MR) is 79.7 cm³/mol. The summed E-state index contributed by atoms with van der Waals surface area (Å²) in [6.45, 7) is 0. The third kappa shape index (κ3) is 2.27. The van der Waals surface area contributed by atoms with Crippen LogP contribution >= 0.6 is 34.9 Å². The maximum Gasteiger partial charge on any atom is 0.131 e. The number of hydrogen-bond acceptors (Lipinski definition) is 6. The van der Waals surface area contributed by atoms with E-state index in [1.165, 1.54) is 0 Å². The molecule has 0 spiro atoms. The third-order valence-corrected chi connectivity index (χ3v) is 3.70. The number of anilines is 2. The number of nitrogens with one attached hydrogen (secondary N) is 1. The van der Waals surface area contributed by atoms with E-state index < -0.39 is 0 Å². The zero-order chi connectivity index (χ0) is 14.1. The Balaban J connectivity index is 2.11. The first-order chi connectivity index (χ1) is 9.69. The molecule has 0 aliphatic rings. The van der Waals surface area contributed by atoms with Gasteiger partial charge in [-0.1, -0.05) is 23.2 Å². The fraction of sp³-hybridized carbons (Fsp3) is 0. The molecule has 20 heavy (non-hydrogen) atoms. The van der Waals surface area contributed by atoms with Gasteiger partial charge in [-0.25, -0.2) is 4.98 Å². The second-order valence-electron chi connectivity index (χ2n) is 3.84. The van der Waals surface area contributed by atoms with Crippen LogP contribution in [0.15, 0.2) is 24.4 Å². The van der Waals surface area contributed by atoms with Crippen molar-refractivity contribution in [2.75, 3.05) is 5.32 Å². The molecule has 2 heterocycles. The van der Waals surface area contributed by atoms with Crippen LogP contribution in [0.5, 0.6) is 0 Å². The number of aromatic nitrogens is 3. The van der Waals surface area contributed by atoms with Gasteiger partial charge in [0.2, 0.25) is 0 Å². The molecule has 0 aliphatic carbocycles. The van der Waals surface area contributed by atoms with Crippen molar-refractivity contribution in [3.63, 3.8) is 0 Å². The summed E-state index contributed by atoms with van der Waals surface area (Å²) in [4.78, 5) is 4.14. The van der Waals surface area contributed by atoms with Crippen molar-refractivity contribution < 1.29 is 0 Å². The zero-order valence-corrected chi connectivity index (χ0v) is 12.1. The van der Waals surface area contributed by atoms with Gasteiger partial charge in [0.15, 0.2) is 0 Å². The molecule has 2 aromatic heterocycles. The highest BCUT2D eigenvalue weighted by Gasteiger charge is 2.14. The minimum absolute atomic E-state index is 0.416. The first-order valence-corrected chi connectivity index (χ1v) is 6.91. The Morgan fingerprint density at radius 2 is 1.95 bits per heavy atom. The zero-order valence-electron chi connectivity index (χ0n) is 9.76. The van der Waals surface area contributed by atoms with E-state index in [-0.39, 0.29) is 0 Å². The third-order valence-electron chi connectivity index (χ3n) is 2.59. The molecule has 5 nitrogen and oxygen atoms in total. The summed E-state index contributed by atoms with van der Waals surface area (Å²) in [5, 5.41) is 12.8. The van der Waals surface area contributed by atoms with Crippen molar-refractivity contribution >= 4 is 57.5 Å². The summed E-state index contributed by atoms with van der Waals surface area (Å²) < 4.78 is 8.31. The summed E-state index contributed by atoms with van der Waals surface area (Å²) in [6, 6.07) is 6.89. The number of hydrogen-bond donors (Lipinski definition) is 1. The molecule has 0 saturated carbocycles. The van der Waals surface area contributed by atoms with Gasteiger partial charge >= 0.3 is 0 Å². The molecule has 0 unspecified atom stereocenters. The highest BCUT2D eigenvalue weighted by atomic mass is 35.5. The molecule has 0 aliphatic heterocycles. The second kappa shape index (κ2) is 5.21. The van der Waals surface area contributed by atoms with Crippen molar-refractivity contribution in [3.05, 3.63) is 40.0 Å². The summed E-state index contributed by atoms with van der Waals surface area (Å²) in [5.41, 5.74) is 2.24. The average molecular weight is 322 g/mol. The van der Waals surface area contributed by atoms with Crippen LogP contribution in [0.2, 0.25) is 10.0 Å². The second-order valence-corrected chi connectivity index (χ2v) is 5.19. The van der Waals surface area contributed by atoms with E-state index in [1.807, 2.05) is 6.07 Å². The molecule has 3 aromatic rings. The van der Waals surface area contributed by atoms with E-state index in [4.69, 9.17) is 28.5 Å². The van der Waals surface area contributed by atoms with E-state index in [9.17, 15) is 0 Å². The summed E-state index contributed by atoms with van der Waals surface area (Å²) >= 11 is 13.3. The maximum atomic E-state index is 8.89. The van der Waals surface area contributed by atoms with Crippen molar-refractivity contribution in [2.24, 2.45) is 0 Å². The Hall–Kier alpha value is -1.94. The van der Waals surface area contributed by atoms with Crippen LogP contribution in [0.25, 0.3) is 11.0 Å². The van der Waals surface area contributed by atoms with E-state index in [0.717, 1.165) is 11.7 Å². The normalized spacial score (nSPS) is 10.4. The number of benzene rings is 1. The van der Waals surface area contributed by atoms with Gasteiger partial charge in [0.25, 0.3) is 0 Å². The minimum atomic E-state index is 0.416. The lowest BCUT2D eigenvalue weighted by Gasteiger charge is -2.08. The molecule has 0 saturated heterocycles. The number of nitriles is 1. The SMILES string of the molecule is N#Cc1ccnc(Nc2c(Cl)cc(Cl)c3nsnc23)c1. The number of pyridine rings is 1. The summed E-state index contributed by atoms with van der Waals surface area (Å²) in [6.07, 6.45) is 1.54. The van der Waals surface area contributed by atoms with Gasteiger partial charge in [0.05, 0.1) is 39.1 Å². The van der Waals surface area contributed by atoms with Gasteiger partial charge in [-0.2, -0.15) is 14.0 Å². The monoisotopic (exact) mass is 321 g/mol. The van der Waals surface area contributed by atoms with Gasteiger partial charge in [-0.3, -0.25) is 0 Å². The van der Waals surface area contributed by atoms with Crippen molar-refractivity contribution in [2.45, 2.75) is 0 Å². The van der Waals surface area contributed by atoms with Crippen molar-refractivity contribution in [3.8, 4) is 6.07 Å². The molecule has 3 rings (SSSR count). The van der Waals surface area contributed by atoms with Gasteiger partial charge in [-0.15, -0.1) is 0 Å². The Morgan fingerprint density at radius 3 is 2.75 bits per heavy atom. The lowest BCUT2D eigenvalue weighted by molar-refractivity contribution is 1.29. The van der Waals surface area contributed by atoms with E-state index in [2.05, 4.69) is 19.0 Å². The summed E-state index contributed by atoms with van der Waals surface area (Å²) in [5.74, 6) is 0.502. The van der Waals surface area contributed by atoms with Crippen LogP contribution in [-0.4, -0.2) is 13.7 Å². The fourth-order valence-corrected chi connectivity index (χ4v) is 2.85. The Kier molecular flexibility index (Phi) is 3.40. The molecular weight excluding hydrogens is 317 g/mol. The van der Waals surface area contributed by atoms with Crippen LogP contribution in [0.4, 0.5) is 11.5 Å². The van der Waals surface area contributed by atoms with Gasteiger partial charge in [-0.05, 0) is 18.2 Å².